The van der Waals surface area contributed by atoms with Crippen molar-refractivity contribution in [3.63, 3.8) is 0 Å². The Morgan fingerprint density at radius 1 is 0.951 bits per heavy atom. The summed E-state index contributed by atoms with van der Waals surface area (Å²) in [4.78, 5) is 115. The Hall–Kier alpha value is -7.34. The second-order valence-corrected chi connectivity index (χ2v) is 14.8. The molecule has 3 heterocycles. The van der Waals surface area contributed by atoms with Crippen LogP contribution in [0.1, 0.15) is 58.8 Å². The lowest BCUT2D eigenvalue weighted by Gasteiger charge is -2.29. The molecule has 0 spiro atoms. The number of carbonyl (C=O) groups excluding carboxylic acids is 9. The smallest absolute Gasteiger partial charge is 0.319 e. The zero-order valence-electron chi connectivity index (χ0n) is 33.0. The van der Waals surface area contributed by atoms with Gasteiger partial charge in [0.15, 0.2) is 0 Å². The number of fused-ring (bicyclic) bond motifs is 1. The number of amides is 10. The third-order valence-electron chi connectivity index (χ3n) is 9.99. The maximum atomic E-state index is 13.6. The number of piperidine rings is 1. The van der Waals surface area contributed by atoms with E-state index in [4.69, 9.17) is 16.3 Å². The van der Waals surface area contributed by atoms with Crippen molar-refractivity contribution in [2.24, 2.45) is 0 Å². The van der Waals surface area contributed by atoms with Crippen molar-refractivity contribution in [2.75, 3.05) is 17.2 Å². The highest BCUT2D eigenvalue weighted by Gasteiger charge is 2.41. The summed E-state index contributed by atoms with van der Waals surface area (Å²) >= 11 is 6.21. The van der Waals surface area contributed by atoms with Crippen molar-refractivity contribution in [1.82, 2.24) is 31.1 Å². The first kappa shape index (κ1) is 43.2. The first-order valence-corrected chi connectivity index (χ1v) is 19.4. The second-order valence-electron chi connectivity index (χ2n) is 14.4. The fraction of sp³-hybridized carbons (Fsp3) is 0.262. The summed E-state index contributed by atoms with van der Waals surface area (Å²) in [6.45, 7) is 6.70. The van der Waals surface area contributed by atoms with Crippen LogP contribution in [0.4, 0.5) is 16.2 Å². The molecule has 3 aliphatic heterocycles. The van der Waals surface area contributed by atoms with Gasteiger partial charge in [-0.25, -0.2) is 4.79 Å². The lowest BCUT2D eigenvalue weighted by Crippen LogP contribution is -2.52. The average molecular weight is 853 g/mol. The average Bonchev–Trinajstić information content (AvgIpc) is 3.73. The van der Waals surface area contributed by atoms with Crippen molar-refractivity contribution in [3.8, 4) is 5.75 Å². The van der Waals surface area contributed by atoms with Gasteiger partial charge >= 0.3 is 6.03 Å². The molecule has 0 radical (unpaired) electrons. The standard InChI is InChI=1S/C42H41ClN8O10/c1-22-4-8-28(18-31(22)43)48-42(60)44-19-26-7-11-29-30(20-51(41(29)59)32-12-13-33(52)49-40(32)58)37(26)61-21-25-5-9-27(10-6-25)47-39(57)24(3)46-38(56)23(2)45-34(53)16-17-50-35(54)14-15-36(50)55/h4-11,14-15,18,23,32H,3,12-13,16-17,19-21H2,1-2H3,(H,45,53)(H,46,56)(H,47,57)(H2,44,48,60)(H,49,52,58)/t23-,32-/m0/s1. The molecule has 61 heavy (non-hydrogen) atoms. The van der Waals surface area contributed by atoms with Crippen LogP contribution in [0.5, 0.6) is 5.75 Å². The summed E-state index contributed by atoms with van der Waals surface area (Å²) in [6, 6.07) is 12.5. The zero-order valence-corrected chi connectivity index (χ0v) is 33.8. The molecule has 1 saturated heterocycles. The van der Waals surface area contributed by atoms with Crippen LogP contribution < -0.4 is 36.6 Å². The molecule has 0 unspecified atom stereocenters. The third-order valence-corrected chi connectivity index (χ3v) is 10.4. The van der Waals surface area contributed by atoms with E-state index in [0.29, 0.717) is 44.4 Å². The Kier molecular flexibility index (Phi) is 13.3. The van der Waals surface area contributed by atoms with Gasteiger partial charge in [-0.1, -0.05) is 42.4 Å². The summed E-state index contributed by atoms with van der Waals surface area (Å²) in [6.07, 6.45) is 2.24. The van der Waals surface area contributed by atoms with Gasteiger partial charge in [0.1, 0.15) is 24.4 Å². The summed E-state index contributed by atoms with van der Waals surface area (Å²) < 4.78 is 6.34. The van der Waals surface area contributed by atoms with Gasteiger partial charge in [-0.15, -0.1) is 0 Å². The molecule has 6 N–H and O–H groups in total. The number of carbonyl (C=O) groups is 9. The van der Waals surface area contributed by atoms with Crippen molar-refractivity contribution in [2.45, 2.75) is 64.9 Å². The number of benzene rings is 3. The first-order chi connectivity index (χ1) is 29.1. The maximum absolute atomic E-state index is 13.6. The van der Waals surface area contributed by atoms with Gasteiger partial charge in [0.2, 0.25) is 23.6 Å². The molecule has 0 aromatic heterocycles. The summed E-state index contributed by atoms with van der Waals surface area (Å²) in [5, 5.41) is 15.7. The number of hydrogen-bond donors (Lipinski definition) is 6. The van der Waals surface area contributed by atoms with E-state index in [1.165, 1.54) is 11.8 Å². The van der Waals surface area contributed by atoms with Crippen LogP contribution in [0.2, 0.25) is 5.02 Å². The Balaban J connectivity index is 1.06. The molecule has 19 heteroatoms. The number of imide groups is 2. The number of ether oxygens (including phenoxy) is 1. The van der Waals surface area contributed by atoms with E-state index in [2.05, 4.69) is 38.5 Å². The fourth-order valence-electron chi connectivity index (χ4n) is 6.61. The predicted octanol–water partition coefficient (Wildman–Crippen LogP) is 2.70. The molecule has 0 aliphatic carbocycles. The van der Waals surface area contributed by atoms with Crippen LogP contribution in [0, 0.1) is 6.92 Å². The highest BCUT2D eigenvalue weighted by molar-refractivity contribution is 6.31. The van der Waals surface area contributed by atoms with E-state index in [1.807, 2.05) is 6.92 Å². The van der Waals surface area contributed by atoms with Crippen LogP contribution in [-0.2, 0) is 53.3 Å². The van der Waals surface area contributed by atoms with Gasteiger partial charge in [0, 0.05) is 71.2 Å². The molecule has 316 valence electrons. The number of rotatable bonds is 15. The topological polar surface area (TPSA) is 242 Å². The molecule has 2 atom stereocenters. The number of nitrogens with one attached hydrogen (secondary N) is 6. The predicted molar refractivity (Wildman–Crippen MR) is 219 cm³/mol. The lowest BCUT2D eigenvalue weighted by molar-refractivity contribution is -0.138. The Bertz CT molecular complexity index is 2380. The van der Waals surface area contributed by atoms with E-state index >= 15 is 0 Å². The lowest BCUT2D eigenvalue weighted by atomic mass is 10.0. The Morgan fingerprint density at radius 2 is 1.66 bits per heavy atom. The van der Waals surface area contributed by atoms with Crippen LogP contribution in [0.15, 0.2) is 79.0 Å². The van der Waals surface area contributed by atoms with Crippen LogP contribution in [0.25, 0.3) is 0 Å². The quantitative estimate of drug-likeness (QED) is 0.0965. The first-order valence-electron chi connectivity index (χ1n) is 19.0. The minimum Gasteiger partial charge on any atom is -0.488 e. The number of nitrogens with zero attached hydrogens (tertiary/aromatic N) is 2. The number of urea groups is 1. The monoisotopic (exact) mass is 852 g/mol. The molecule has 0 saturated carbocycles. The van der Waals surface area contributed by atoms with Crippen molar-refractivity contribution in [1.29, 1.82) is 0 Å². The van der Waals surface area contributed by atoms with Gasteiger partial charge in [0.25, 0.3) is 23.6 Å². The molecular weight excluding hydrogens is 812 g/mol. The van der Waals surface area contributed by atoms with E-state index in [1.54, 1.807) is 54.6 Å². The molecule has 1 fully saturated rings. The Morgan fingerprint density at radius 3 is 2.34 bits per heavy atom. The van der Waals surface area contributed by atoms with E-state index in [0.717, 1.165) is 22.6 Å². The highest BCUT2D eigenvalue weighted by Crippen LogP contribution is 2.37. The van der Waals surface area contributed by atoms with Gasteiger partial charge in [-0.05, 0) is 61.7 Å². The van der Waals surface area contributed by atoms with Gasteiger partial charge in [-0.3, -0.25) is 48.6 Å². The number of hydrogen-bond acceptors (Lipinski definition) is 10. The maximum Gasteiger partial charge on any atom is 0.319 e. The van der Waals surface area contributed by atoms with Gasteiger partial charge in [0.05, 0.1) is 12.2 Å². The number of halogens is 1. The minimum absolute atomic E-state index is 0.00181. The fourth-order valence-corrected chi connectivity index (χ4v) is 6.79. The largest absolute Gasteiger partial charge is 0.488 e. The van der Waals surface area contributed by atoms with Gasteiger partial charge < -0.3 is 36.2 Å². The normalized spacial score (nSPS) is 16.1. The molecular formula is C42H41ClN8O10. The number of anilines is 2. The van der Waals surface area contributed by atoms with E-state index in [-0.39, 0.29) is 51.2 Å². The summed E-state index contributed by atoms with van der Waals surface area (Å²) in [5.41, 5.74) is 3.40. The van der Waals surface area contributed by atoms with Crippen molar-refractivity contribution in [3.05, 3.63) is 112 Å². The SMILES string of the molecule is C=C(NC(=O)[C@H](C)NC(=O)CCN1C(=O)C=CC1=O)C(=O)Nc1ccc(COc2c(CNC(=O)Nc3ccc(C)c(Cl)c3)ccc3c2CN([C@H]2CCC(=O)NC2=O)C3=O)cc1. The second kappa shape index (κ2) is 18.7. The molecule has 0 bridgehead atoms. The van der Waals surface area contributed by atoms with E-state index < -0.39 is 65.4 Å². The molecule has 6 rings (SSSR count). The molecule has 3 aliphatic rings. The highest BCUT2D eigenvalue weighted by atomic mass is 35.5. The third kappa shape index (κ3) is 10.5. The van der Waals surface area contributed by atoms with Crippen molar-refractivity contribution >= 4 is 76.3 Å². The van der Waals surface area contributed by atoms with Crippen molar-refractivity contribution < 1.29 is 47.9 Å². The zero-order chi connectivity index (χ0) is 44.0. The van der Waals surface area contributed by atoms with Crippen LogP contribution in [-0.4, -0.2) is 81.7 Å². The van der Waals surface area contributed by atoms with Crippen LogP contribution >= 0.6 is 11.6 Å². The Labute approximate surface area is 354 Å². The molecule has 3 aromatic rings. The minimum atomic E-state index is -1.07. The number of aryl methyl sites for hydroxylation is 1. The molecule has 18 nitrogen and oxygen atoms in total. The molecule has 10 amide bonds. The van der Waals surface area contributed by atoms with Gasteiger partial charge in [-0.2, -0.15) is 0 Å². The summed E-state index contributed by atoms with van der Waals surface area (Å²) in [7, 11) is 0. The van der Waals surface area contributed by atoms with Crippen LogP contribution in [0.3, 0.4) is 0 Å². The van der Waals surface area contributed by atoms with E-state index in [9.17, 15) is 43.2 Å². The molecule has 3 aromatic carbocycles. The summed E-state index contributed by atoms with van der Waals surface area (Å²) in [5.74, 6) is -4.15.